The summed E-state index contributed by atoms with van der Waals surface area (Å²) in [6.07, 6.45) is 8.29. The molecule has 2 N–H and O–H groups in total. The fourth-order valence-electron chi connectivity index (χ4n) is 5.89. The first-order valence-corrected chi connectivity index (χ1v) is 15.3. The van der Waals surface area contributed by atoms with Crippen LogP contribution in [-0.4, -0.2) is 78.9 Å². The molecule has 4 aromatic rings. The number of alkyl halides is 1. The van der Waals surface area contributed by atoms with E-state index < -0.39 is 11.7 Å². The number of imide groups is 1. The number of nitrogens with one attached hydrogen (secondary N) is 2. The molecular formula is C31H31FN10O4. The molecule has 6 heterocycles. The van der Waals surface area contributed by atoms with Crippen molar-refractivity contribution in [2.75, 3.05) is 42.3 Å². The lowest BCUT2D eigenvalue weighted by Crippen LogP contribution is -2.44. The van der Waals surface area contributed by atoms with E-state index in [9.17, 15) is 14.4 Å². The maximum Gasteiger partial charge on any atom is 0.331 e. The van der Waals surface area contributed by atoms with Crippen molar-refractivity contribution in [3.8, 4) is 0 Å². The summed E-state index contributed by atoms with van der Waals surface area (Å²) < 4.78 is 22.4. The van der Waals surface area contributed by atoms with Crippen LogP contribution in [0.2, 0.25) is 0 Å². The lowest BCUT2D eigenvalue weighted by Gasteiger charge is -2.32. The topological polar surface area (TPSA) is 160 Å². The van der Waals surface area contributed by atoms with E-state index in [0.29, 0.717) is 41.0 Å². The molecule has 4 amide bonds. The normalized spacial score (nSPS) is 21.9. The number of aromatic nitrogens is 6. The fourth-order valence-corrected chi connectivity index (χ4v) is 5.89. The number of carbonyl (C=O) groups excluding carboxylic acids is 3. The molecule has 15 heteroatoms. The molecule has 2 unspecified atom stereocenters. The van der Waals surface area contributed by atoms with Crippen LogP contribution in [0.15, 0.2) is 36.8 Å². The Morgan fingerprint density at radius 3 is 2.61 bits per heavy atom. The summed E-state index contributed by atoms with van der Waals surface area (Å²) in [5.74, 6) is 0.511. The van der Waals surface area contributed by atoms with Crippen molar-refractivity contribution >= 4 is 40.8 Å². The van der Waals surface area contributed by atoms with Gasteiger partial charge in [0.05, 0.1) is 31.1 Å². The number of aryl methyl sites for hydroxylation is 1. The highest BCUT2D eigenvalue weighted by atomic mass is 19.1. The Morgan fingerprint density at radius 2 is 1.91 bits per heavy atom. The van der Waals surface area contributed by atoms with E-state index in [-0.39, 0.29) is 61.6 Å². The lowest BCUT2D eigenvalue weighted by atomic mass is 10.0. The van der Waals surface area contributed by atoms with Gasteiger partial charge in [0.15, 0.2) is 11.5 Å². The van der Waals surface area contributed by atoms with Crippen molar-refractivity contribution < 1.29 is 23.5 Å². The van der Waals surface area contributed by atoms with E-state index in [1.807, 2.05) is 29.8 Å². The number of carbonyl (C=O) groups is 3. The number of pyridine rings is 1. The second kappa shape index (κ2) is 10.5. The third-order valence-electron chi connectivity index (χ3n) is 8.89. The van der Waals surface area contributed by atoms with Crippen LogP contribution in [0.25, 0.3) is 5.65 Å². The first kappa shape index (κ1) is 28.4. The summed E-state index contributed by atoms with van der Waals surface area (Å²) in [6, 6.07) is 4.92. The largest absolute Gasteiger partial charge is 0.374 e. The minimum absolute atomic E-state index is 0.0495. The number of fused-ring (bicyclic) bond motifs is 1. The molecule has 4 aliphatic rings. The van der Waals surface area contributed by atoms with Gasteiger partial charge in [0.25, 0.3) is 0 Å². The molecular weight excluding hydrogens is 595 g/mol. The van der Waals surface area contributed by atoms with Crippen LogP contribution in [-0.2, 0) is 26.5 Å². The van der Waals surface area contributed by atoms with Crippen molar-refractivity contribution in [1.82, 2.24) is 34.2 Å². The van der Waals surface area contributed by atoms with E-state index >= 15 is 4.39 Å². The molecule has 14 nitrogen and oxygen atoms in total. The molecule has 4 fully saturated rings. The lowest BCUT2D eigenvalue weighted by molar-refractivity contribution is -0.139. The van der Waals surface area contributed by atoms with Gasteiger partial charge >= 0.3 is 6.03 Å². The highest BCUT2D eigenvalue weighted by Gasteiger charge is 2.47. The van der Waals surface area contributed by atoms with Gasteiger partial charge < -0.3 is 19.8 Å². The van der Waals surface area contributed by atoms with Gasteiger partial charge in [0.1, 0.15) is 24.0 Å². The molecule has 2 aliphatic carbocycles. The van der Waals surface area contributed by atoms with Gasteiger partial charge in [-0.2, -0.15) is 0 Å². The molecule has 46 heavy (non-hydrogen) atoms. The van der Waals surface area contributed by atoms with E-state index in [1.54, 1.807) is 18.3 Å². The first-order chi connectivity index (χ1) is 22.1. The number of amides is 4. The molecule has 8 rings (SSSR count). The summed E-state index contributed by atoms with van der Waals surface area (Å²) in [5.41, 5.74) is 1.80. The fraction of sp³-hybridized carbons (Fsp3) is 0.419. The summed E-state index contributed by atoms with van der Waals surface area (Å²) in [7, 11) is 1.47. The van der Waals surface area contributed by atoms with Gasteiger partial charge in [-0.25, -0.2) is 34.1 Å². The van der Waals surface area contributed by atoms with Crippen LogP contribution in [0.1, 0.15) is 59.7 Å². The highest BCUT2D eigenvalue weighted by Crippen LogP contribution is 2.46. The van der Waals surface area contributed by atoms with E-state index in [0.717, 1.165) is 29.0 Å². The molecule has 2 saturated carbocycles. The van der Waals surface area contributed by atoms with Gasteiger partial charge in [0, 0.05) is 49.2 Å². The summed E-state index contributed by atoms with van der Waals surface area (Å²) in [6.45, 7) is 1.69. The number of rotatable bonds is 9. The molecule has 0 spiro atoms. The molecule has 0 radical (unpaired) electrons. The molecule has 0 aromatic carbocycles. The summed E-state index contributed by atoms with van der Waals surface area (Å²) in [4.78, 5) is 63.1. The van der Waals surface area contributed by atoms with E-state index in [4.69, 9.17) is 9.72 Å². The van der Waals surface area contributed by atoms with Gasteiger partial charge in [-0.15, -0.1) is 0 Å². The zero-order valence-corrected chi connectivity index (χ0v) is 25.2. The third kappa shape index (κ3) is 5.09. The van der Waals surface area contributed by atoms with Crippen molar-refractivity contribution in [3.05, 3.63) is 65.4 Å². The standard InChI is InChI=1S/C31H31FN10O4/c1-16-5-6-33-26(35-16)20-8-21(20)28(44)37-24-9-23(38-29(39-24)31(32)14-46-15-31)34-10-19-12-41-11-18(17-3-4-17)7-22(27(41)36-19)42-13-25(43)40(2)30(42)45/h5-7,9,11-12,17,20-21H,3-4,8,10,13-15H2,1-2H3,(H2,34,37,38,39,44). The second-order valence-corrected chi connectivity index (χ2v) is 12.5. The van der Waals surface area contributed by atoms with Crippen molar-refractivity contribution in [2.24, 2.45) is 5.92 Å². The van der Waals surface area contributed by atoms with E-state index in [1.165, 1.54) is 11.9 Å². The number of hydrogen-bond donors (Lipinski definition) is 2. The summed E-state index contributed by atoms with van der Waals surface area (Å²) >= 11 is 0. The number of nitrogens with zero attached hydrogens (tertiary/aromatic N) is 8. The van der Waals surface area contributed by atoms with Crippen molar-refractivity contribution in [1.29, 1.82) is 0 Å². The number of halogens is 1. The number of hydrogen-bond acceptors (Lipinski definition) is 10. The zero-order chi connectivity index (χ0) is 31.7. The Labute approximate surface area is 262 Å². The summed E-state index contributed by atoms with van der Waals surface area (Å²) in [5, 5.41) is 6.02. The van der Waals surface area contributed by atoms with Crippen LogP contribution in [0.5, 0.6) is 0 Å². The number of anilines is 3. The van der Waals surface area contributed by atoms with E-state index in [2.05, 4.69) is 30.6 Å². The Hall–Kier alpha value is -5.05. The second-order valence-electron chi connectivity index (χ2n) is 12.5. The van der Waals surface area contributed by atoms with Gasteiger partial charge in [0.2, 0.25) is 17.5 Å². The molecule has 0 bridgehead atoms. The zero-order valence-electron chi connectivity index (χ0n) is 25.2. The van der Waals surface area contributed by atoms with Crippen molar-refractivity contribution in [3.63, 3.8) is 0 Å². The number of urea groups is 1. The SMILES string of the molecule is Cc1ccnc(C2CC2C(=O)Nc2cc(NCc3cn4cc(C5CC5)cc(N5CC(=O)N(C)C5=O)c4n3)nc(C3(F)COC3)n2)n1. The molecule has 2 saturated heterocycles. The third-order valence-corrected chi connectivity index (χ3v) is 8.89. The maximum absolute atomic E-state index is 15.4. The van der Waals surface area contributed by atoms with Crippen LogP contribution < -0.4 is 15.5 Å². The smallest absolute Gasteiger partial charge is 0.331 e. The first-order valence-electron chi connectivity index (χ1n) is 15.3. The monoisotopic (exact) mass is 626 g/mol. The number of likely N-dealkylation sites (N-methyl/N-ethyl adjacent to an activating group) is 1. The average Bonchev–Trinajstić information content (AvgIpc) is 3.95. The van der Waals surface area contributed by atoms with Gasteiger partial charge in [-0.3, -0.25) is 19.4 Å². The molecule has 236 valence electrons. The Balaban J connectivity index is 1.04. The average molecular weight is 627 g/mol. The Morgan fingerprint density at radius 1 is 1.11 bits per heavy atom. The minimum Gasteiger partial charge on any atom is -0.374 e. The quantitative estimate of drug-likeness (QED) is 0.264. The molecule has 2 atom stereocenters. The predicted molar refractivity (Wildman–Crippen MR) is 162 cm³/mol. The minimum atomic E-state index is -1.86. The van der Waals surface area contributed by atoms with Crippen LogP contribution in [0, 0.1) is 12.8 Å². The number of ether oxygens (including phenoxy) is 1. The van der Waals surface area contributed by atoms with Gasteiger partial charge in [-0.05, 0) is 49.8 Å². The highest BCUT2D eigenvalue weighted by molar-refractivity contribution is 6.13. The van der Waals surface area contributed by atoms with Crippen LogP contribution in [0.3, 0.4) is 0 Å². The Kier molecular flexibility index (Phi) is 6.49. The predicted octanol–water partition coefficient (Wildman–Crippen LogP) is 3.05. The maximum atomic E-state index is 15.4. The number of imidazole rings is 1. The molecule has 2 aliphatic heterocycles. The molecule has 4 aromatic heterocycles. The van der Waals surface area contributed by atoms with Crippen LogP contribution >= 0.6 is 0 Å². The van der Waals surface area contributed by atoms with Crippen molar-refractivity contribution in [2.45, 2.75) is 50.2 Å². The Bertz CT molecular complexity index is 1920. The van der Waals surface area contributed by atoms with Gasteiger partial charge in [-0.1, -0.05) is 0 Å². The van der Waals surface area contributed by atoms with Crippen LogP contribution in [0.4, 0.5) is 26.5 Å².